The molecule has 0 bridgehead atoms. The number of carbonyl (C=O) groups excluding carboxylic acids is 2. The first kappa shape index (κ1) is 21.8. The summed E-state index contributed by atoms with van der Waals surface area (Å²) in [6, 6.07) is 9.38. The largest absolute Gasteiger partial charge is 0.345 e. The van der Waals surface area contributed by atoms with Crippen LogP contribution in [0.5, 0.6) is 0 Å². The molecular weight excluding hydrogens is 453 g/mol. The summed E-state index contributed by atoms with van der Waals surface area (Å²) >= 11 is 3.19. The fraction of sp³-hybridized carbons (Fsp3) is 0.286. The molecule has 3 amide bonds. The van der Waals surface area contributed by atoms with Crippen LogP contribution in [0.2, 0.25) is 0 Å². The maximum Gasteiger partial charge on any atom is 0.322 e. The lowest BCUT2D eigenvalue weighted by Crippen LogP contribution is -2.32. The van der Waals surface area contributed by atoms with Crippen LogP contribution in [-0.2, 0) is 13.1 Å². The highest BCUT2D eigenvalue weighted by Gasteiger charge is 2.18. The molecule has 9 heteroatoms. The maximum atomic E-state index is 14.0. The van der Waals surface area contributed by atoms with Gasteiger partial charge in [-0.05, 0) is 43.3 Å². The van der Waals surface area contributed by atoms with E-state index in [4.69, 9.17) is 0 Å². The molecule has 0 aliphatic rings. The zero-order chi connectivity index (χ0) is 22.0. The van der Waals surface area contributed by atoms with E-state index in [0.717, 1.165) is 5.52 Å². The van der Waals surface area contributed by atoms with Crippen molar-refractivity contribution < 1.29 is 14.0 Å². The Morgan fingerprint density at radius 1 is 1.17 bits per heavy atom. The van der Waals surface area contributed by atoms with Crippen molar-refractivity contribution in [3.05, 3.63) is 58.1 Å². The molecule has 3 rings (SSSR count). The topological polar surface area (TPSA) is 70.5 Å². The molecule has 3 aromatic rings. The van der Waals surface area contributed by atoms with Crippen LogP contribution >= 0.6 is 15.9 Å². The number of anilines is 1. The highest BCUT2D eigenvalue weighted by atomic mass is 79.9. The van der Waals surface area contributed by atoms with Crippen LogP contribution in [0, 0.1) is 5.82 Å². The third-order valence-corrected chi connectivity index (χ3v) is 5.19. The van der Waals surface area contributed by atoms with Crippen LogP contribution in [-0.4, -0.2) is 52.4 Å². The third-order valence-electron chi connectivity index (χ3n) is 4.69. The number of benzene rings is 2. The first-order chi connectivity index (χ1) is 14.2. The van der Waals surface area contributed by atoms with Crippen LogP contribution in [0.1, 0.15) is 23.1 Å². The number of halogens is 2. The number of aromatic nitrogens is 2. The fourth-order valence-electron chi connectivity index (χ4n) is 3.13. The Labute approximate surface area is 182 Å². The van der Waals surface area contributed by atoms with Gasteiger partial charge in [-0.1, -0.05) is 15.9 Å². The number of rotatable bonds is 5. The lowest BCUT2D eigenvalue weighted by Gasteiger charge is -2.18. The number of nitrogens with zero attached hydrogens (tertiary/aromatic N) is 4. The molecule has 0 aliphatic heterocycles. The van der Waals surface area contributed by atoms with E-state index in [-0.39, 0.29) is 18.1 Å². The molecule has 158 valence electrons. The molecular formula is C21H23BrFN5O2. The smallest absolute Gasteiger partial charge is 0.322 e. The second-order valence-electron chi connectivity index (χ2n) is 7.09. The van der Waals surface area contributed by atoms with Gasteiger partial charge in [-0.15, -0.1) is 0 Å². The number of aryl methyl sites for hydroxylation is 1. The van der Waals surface area contributed by atoms with Gasteiger partial charge in [-0.25, -0.2) is 14.2 Å². The number of nitrogens with one attached hydrogen (secondary N) is 1. The Bertz CT molecular complexity index is 1110. The van der Waals surface area contributed by atoms with Gasteiger partial charge in [0.2, 0.25) is 0 Å². The normalized spacial score (nSPS) is 10.9. The Kier molecular flexibility index (Phi) is 6.40. The predicted molar refractivity (Wildman–Crippen MR) is 118 cm³/mol. The van der Waals surface area contributed by atoms with Gasteiger partial charge in [-0.3, -0.25) is 4.79 Å². The Balaban J connectivity index is 1.83. The van der Waals surface area contributed by atoms with Crippen molar-refractivity contribution in [2.45, 2.75) is 20.0 Å². The van der Waals surface area contributed by atoms with Crippen molar-refractivity contribution >= 4 is 44.6 Å². The summed E-state index contributed by atoms with van der Waals surface area (Å²) in [7, 11) is 5.02. The molecule has 0 saturated heterocycles. The van der Waals surface area contributed by atoms with E-state index in [1.54, 1.807) is 39.3 Å². The summed E-state index contributed by atoms with van der Waals surface area (Å²) in [6.45, 7) is 2.87. The van der Waals surface area contributed by atoms with Crippen LogP contribution < -0.4 is 5.32 Å². The molecule has 0 fully saturated rings. The van der Waals surface area contributed by atoms with Gasteiger partial charge in [0.1, 0.15) is 11.6 Å². The number of amides is 3. The fourth-order valence-corrected chi connectivity index (χ4v) is 3.46. The van der Waals surface area contributed by atoms with Crippen molar-refractivity contribution in [3.8, 4) is 0 Å². The van der Waals surface area contributed by atoms with Crippen molar-refractivity contribution in [2.75, 3.05) is 26.5 Å². The van der Waals surface area contributed by atoms with E-state index in [1.807, 2.05) is 17.6 Å². The molecule has 0 radical (unpaired) electrons. The van der Waals surface area contributed by atoms with E-state index in [1.165, 1.54) is 21.9 Å². The van der Waals surface area contributed by atoms with Crippen LogP contribution in [0.15, 0.2) is 40.9 Å². The van der Waals surface area contributed by atoms with Crippen LogP contribution in [0.25, 0.3) is 11.0 Å². The minimum absolute atomic E-state index is 0.0995. The first-order valence-electron chi connectivity index (χ1n) is 9.39. The lowest BCUT2D eigenvalue weighted by atomic mass is 10.2. The Hall–Kier alpha value is -2.94. The number of fused-ring (bicyclic) bond motifs is 1. The minimum Gasteiger partial charge on any atom is -0.345 e. The molecule has 30 heavy (non-hydrogen) atoms. The zero-order valence-electron chi connectivity index (χ0n) is 17.2. The lowest BCUT2D eigenvalue weighted by molar-refractivity contribution is 0.0827. The second-order valence-corrected chi connectivity index (χ2v) is 8.00. The predicted octanol–water partition coefficient (Wildman–Crippen LogP) is 4.32. The monoisotopic (exact) mass is 475 g/mol. The summed E-state index contributed by atoms with van der Waals surface area (Å²) in [4.78, 5) is 32.3. The number of hydrogen-bond donors (Lipinski definition) is 1. The minimum atomic E-state index is -0.523. The van der Waals surface area contributed by atoms with Gasteiger partial charge in [0.05, 0.1) is 23.3 Å². The summed E-state index contributed by atoms with van der Waals surface area (Å²) < 4.78 is 16.6. The van der Waals surface area contributed by atoms with E-state index >= 15 is 0 Å². The van der Waals surface area contributed by atoms with Crippen LogP contribution in [0.4, 0.5) is 14.9 Å². The first-order valence-corrected chi connectivity index (χ1v) is 10.2. The molecule has 2 aromatic carbocycles. The quantitative estimate of drug-likeness (QED) is 0.596. The third kappa shape index (κ3) is 4.46. The van der Waals surface area contributed by atoms with Crippen molar-refractivity contribution in [2.24, 2.45) is 0 Å². The molecule has 0 aliphatic carbocycles. The summed E-state index contributed by atoms with van der Waals surface area (Å²) in [5.41, 5.74) is 2.23. The number of imidazole rings is 1. The summed E-state index contributed by atoms with van der Waals surface area (Å²) in [6.07, 6.45) is 0. The van der Waals surface area contributed by atoms with Crippen LogP contribution in [0.3, 0.4) is 0 Å². The molecule has 0 unspecified atom stereocenters. The van der Waals surface area contributed by atoms with E-state index in [9.17, 15) is 14.0 Å². The maximum absolute atomic E-state index is 14.0. The molecule has 1 aromatic heterocycles. The molecule has 1 heterocycles. The Morgan fingerprint density at radius 2 is 1.90 bits per heavy atom. The van der Waals surface area contributed by atoms with Gasteiger partial charge in [0.15, 0.2) is 0 Å². The average molecular weight is 476 g/mol. The number of carbonyl (C=O) groups is 2. The second kappa shape index (κ2) is 8.83. The SMILES string of the molecule is CCn1c(CN(C)C(=O)Nc2ccc(Br)cc2F)nc2cc(C(=O)N(C)C)ccc21. The van der Waals surface area contributed by atoms with Crippen molar-refractivity contribution in [1.82, 2.24) is 19.4 Å². The summed E-state index contributed by atoms with van der Waals surface area (Å²) in [5.74, 6) is 0.0541. The van der Waals surface area contributed by atoms with Gasteiger partial charge in [0, 0.05) is 37.7 Å². The van der Waals surface area contributed by atoms with Gasteiger partial charge in [0.25, 0.3) is 5.91 Å². The van der Waals surface area contributed by atoms with Crippen molar-refractivity contribution in [1.29, 1.82) is 0 Å². The molecule has 0 atom stereocenters. The van der Waals surface area contributed by atoms with E-state index in [0.29, 0.717) is 27.9 Å². The molecule has 0 saturated carbocycles. The van der Waals surface area contributed by atoms with E-state index in [2.05, 4.69) is 26.2 Å². The Morgan fingerprint density at radius 3 is 2.53 bits per heavy atom. The molecule has 7 nitrogen and oxygen atoms in total. The van der Waals surface area contributed by atoms with Gasteiger partial charge < -0.3 is 19.7 Å². The highest BCUT2D eigenvalue weighted by molar-refractivity contribution is 9.10. The zero-order valence-corrected chi connectivity index (χ0v) is 18.8. The van der Waals surface area contributed by atoms with Crippen molar-refractivity contribution in [3.63, 3.8) is 0 Å². The van der Waals surface area contributed by atoms with E-state index < -0.39 is 11.8 Å². The standard InChI is InChI=1S/C21H23BrFN5O2/c1-5-28-18-9-6-13(20(29)26(2)3)10-17(18)24-19(28)12-27(4)21(30)25-16-8-7-14(22)11-15(16)23/h6-11H,5,12H2,1-4H3,(H,25,30). The highest BCUT2D eigenvalue weighted by Crippen LogP contribution is 2.22. The van der Waals surface area contributed by atoms with Gasteiger partial charge >= 0.3 is 6.03 Å². The molecule has 0 spiro atoms. The number of urea groups is 1. The van der Waals surface area contributed by atoms with Gasteiger partial charge in [-0.2, -0.15) is 0 Å². The molecule has 1 N–H and O–H groups in total. The summed E-state index contributed by atoms with van der Waals surface area (Å²) in [5, 5.41) is 2.57. The number of hydrogen-bond acceptors (Lipinski definition) is 3. The average Bonchev–Trinajstić information content (AvgIpc) is 3.05.